The van der Waals surface area contributed by atoms with Crippen molar-refractivity contribution < 1.29 is 29.4 Å². The Morgan fingerprint density at radius 2 is 0.805 bits per heavy atom. The largest absolute Gasteiger partial charge is 0.464 e. The van der Waals surface area contributed by atoms with Crippen molar-refractivity contribution in [3.05, 3.63) is 57.6 Å². The highest BCUT2D eigenvalue weighted by Crippen LogP contribution is 2.37. The molecule has 0 aliphatic rings. The Morgan fingerprint density at radius 3 is 1.02 bits per heavy atom. The number of urea groups is 2. The Balaban J connectivity index is 2.55. The summed E-state index contributed by atoms with van der Waals surface area (Å²) < 4.78 is 0. The first-order valence-electron chi connectivity index (χ1n) is 13.6. The van der Waals surface area contributed by atoms with Gasteiger partial charge >= 0.3 is 24.2 Å². The first kappa shape index (κ1) is 32.7. The molecular weight excluding hydrogens is 528 g/mol. The second-order valence-electron chi connectivity index (χ2n) is 11.1. The summed E-state index contributed by atoms with van der Waals surface area (Å²) in [4.78, 5) is 46.4. The molecule has 6 amide bonds. The highest BCUT2D eigenvalue weighted by molar-refractivity contribution is 5.93. The van der Waals surface area contributed by atoms with Gasteiger partial charge in [0, 0.05) is 11.4 Å². The van der Waals surface area contributed by atoms with Crippen LogP contribution in [-0.4, -0.2) is 34.5 Å². The standard InChI is InChI=1S/C29H42N6O6/c1-14(2)20-10-18(11-21(15(3)4)24(20)30-26(36)32-34-28(38)39)9-19-12-22(16(5)6)25(23(13-19)17(7)8)31-27(37)33-35-29(40)41/h10-17,34-35H,9H2,1-8H3,(H,38,39)(H,40,41)(H2,30,32,36)(H2,31,33,37). The number of rotatable bonds is 8. The molecule has 12 nitrogen and oxygen atoms in total. The third kappa shape index (κ3) is 9.30. The van der Waals surface area contributed by atoms with Crippen molar-refractivity contribution in [2.24, 2.45) is 0 Å². The lowest BCUT2D eigenvalue weighted by atomic mass is 9.86. The molecule has 0 radical (unpaired) electrons. The second-order valence-corrected chi connectivity index (χ2v) is 11.1. The van der Waals surface area contributed by atoms with Crippen LogP contribution in [0.15, 0.2) is 24.3 Å². The molecule has 0 aliphatic carbocycles. The molecule has 0 unspecified atom stereocenters. The number of carbonyl (C=O) groups is 4. The van der Waals surface area contributed by atoms with Crippen LogP contribution in [0.4, 0.5) is 30.6 Å². The topological polar surface area (TPSA) is 181 Å². The van der Waals surface area contributed by atoms with Crippen LogP contribution in [0.1, 0.15) is 112 Å². The quantitative estimate of drug-likeness (QED) is 0.170. The Kier molecular flexibility index (Phi) is 11.4. The molecule has 0 saturated heterocycles. The van der Waals surface area contributed by atoms with Crippen molar-refractivity contribution >= 4 is 35.6 Å². The summed E-state index contributed by atoms with van der Waals surface area (Å²) in [6.07, 6.45) is -2.15. The first-order chi connectivity index (χ1) is 19.1. The van der Waals surface area contributed by atoms with Crippen molar-refractivity contribution in [1.82, 2.24) is 21.7 Å². The molecule has 0 aromatic heterocycles. The summed E-state index contributed by atoms with van der Waals surface area (Å²) in [5, 5.41) is 23.2. The minimum Gasteiger partial charge on any atom is -0.464 e. The average Bonchev–Trinajstić information content (AvgIpc) is 2.86. The van der Waals surface area contributed by atoms with Crippen molar-refractivity contribution in [2.75, 3.05) is 10.6 Å². The predicted octanol–water partition coefficient (Wildman–Crippen LogP) is 6.38. The number of amides is 6. The van der Waals surface area contributed by atoms with Crippen LogP contribution in [-0.2, 0) is 6.42 Å². The summed E-state index contributed by atoms with van der Waals surface area (Å²) >= 11 is 0. The molecule has 0 aliphatic heterocycles. The number of carboxylic acid groups (broad SMARTS) is 2. The van der Waals surface area contributed by atoms with E-state index >= 15 is 0 Å². The van der Waals surface area contributed by atoms with Gasteiger partial charge in [0.05, 0.1) is 0 Å². The van der Waals surface area contributed by atoms with Crippen LogP contribution in [0.2, 0.25) is 0 Å². The zero-order valence-electron chi connectivity index (χ0n) is 24.9. The smallest absolute Gasteiger partial charge is 0.423 e. The molecule has 2 aromatic carbocycles. The van der Waals surface area contributed by atoms with E-state index in [0.717, 1.165) is 33.4 Å². The summed E-state index contributed by atoms with van der Waals surface area (Å²) in [5.41, 5.74) is 15.0. The molecule has 8 N–H and O–H groups in total. The lowest BCUT2D eigenvalue weighted by molar-refractivity contribution is 0.187. The zero-order chi connectivity index (χ0) is 31.0. The number of anilines is 2. The van der Waals surface area contributed by atoms with Gasteiger partial charge in [-0.3, -0.25) is 0 Å². The van der Waals surface area contributed by atoms with E-state index in [1.807, 2.05) is 66.2 Å². The van der Waals surface area contributed by atoms with Gasteiger partial charge in [-0.2, -0.15) is 0 Å². The van der Waals surface area contributed by atoms with Gasteiger partial charge in [-0.25, -0.2) is 40.9 Å². The summed E-state index contributed by atoms with van der Waals surface area (Å²) in [7, 11) is 0. The minimum absolute atomic E-state index is 0.0668. The Morgan fingerprint density at radius 1 is 0.537 bits per heavy atom. The van der Waals surface area contributed by atoms with Crippen LogP contribution < -0.4 is 32.3 Å². The van der Waals surface area contributed by atoms with Gasteiger partial charge in [-0.05, 0) is 63.5 Å². The van der Waals surface area contributed by atoms with E-state index in [9.17, 15) is 19.2 Å². The summed E-state index contributed by atoms with van der Waals surface area (Å²) in [5.74, 6) is 0.267. The third-order valence-corrected chi connectivity index (χ3v) is 6.46. The Hall–Kier alpha value is -4.48. The van der Waals surface area contributed by atoms with Crippen molar-refractivity contribution in [3.63, 3.8) is 0 Å². The molecule has 0 fully saturated rings. The molecular formula is C29H42N6O6. The molecule has 41 heavy (non-hydrogen) atoms. The highest BCUT2D eigenvalue weighted by atomic mass is 16.4. The second kappa shape index (κ2) is 14.2. The minimum atomic E-state index is -1.37. The van der Waals surface area contributed by atoms with E-state index in [0.29, 0.717) is 17.8 Å². The van der Waals surface area contributed by atoms with E-state index in [2.05, 4.69) is 45.8 Å². The maximum atomic E-state index is 12.4. The van der Waals surface area contributed by atoms with Crippen molar-refractivity contribution in [3.8, 4) is 0 Å². The molecule has 2 aromatic rings. The van der Waals surface area contributed by atoms with E-state index in [-0.39, 0.29) is 23.7 Å². The van der Waals surface area contributed by atoms with E-state index in [4.69, 9.17) is 10.2 Å². The van der Waals surface area contributed by atoms with Gasteiger partial charge in [-0.1, -0.05) is 79.7 Å². The van der Waals surface area contributed by atoms with Crippen molar-refractivity contribution in [1.29, 1.82) is 0 Å². The Bertz CT molecular complexity index is 1130. The maximum Gasteiger partial charge on any atom is 0.423 e. The number of benzene rings is 2. The number of carbonyl (C=O) groups excluding carboxylic acids is 2. The molecule has 2 rings (SSSR count). The number of hydrogen-bond acceptors (Lipinski definition) is 4. The molecule has 0 atom stereocenters. The van der Waals surface area contributed by atoms with Crippen LogP contribution in [0.3, 0.4) is 0 Å². The molecule has 0 saturated carbocycles. The van der Waals surface area contributed by atoms with Crippen molar-refractivity contribution in [2.45, 2.75) is 85.5 Å². The molecule has 12 heteroatoms. The summed E-state index contributed by atoms with van der Waals surface area (Å²) in [6, 6.07) is 6.85. The Labute approximate surface area is 240 Å². The van der Waals surface area contributed by atoms with Crippen LogP contribution >= 0.6 is 0 Å². The molecule has 0 heterocycles. The molecule has 224 valence electrons. The van der Waals surface area contributed by atoms with Gasteiger partial charge in [0.2, 0.25) is 0 Å². The number of hydrogen-bond donors (Lipinski definition) is 8. The van der Waals surface area contributed by atoms with Crippen LogP contribution in [0.5, 0.6) is 0 Å². The lowest BCUT2D eigenvalue weighted by Gasteiger charge is -2.24. The zero-order valence-corrected chi connectivity index (χ0v) is 24.9. The van der Waals surface area contributed by atoms with E-state index in [1.165, 1.54) is 0 Å². The fourth-order valence-electron chi connectivity index (χ4n) is 4.56. The molecule has 0 bridgehead atoms. The van der Waals surface area contributed by atoms with E-state index < -0.39 is 24.2 Å². The highest BCUT2D eigenvalue weighted by Gasteiger charge is 2.21. The van der Waals surface area contributed by atoms with Crippen LogP contribution in [0, 0.1) is 0 Å². The van der Waals surface area contributed by atoms with Gasteiger partial charge < -0.3 is 20.8 Å². The summed E-state index contributed by atoms with van der Waals surface area (Å²) in [6.45, 7) is 16.2. The predicted molar refractivity (Wildman–Crippen MR) is 159 cm³/mol. The fraction of sp³-hybridized carbons (Fsp3) is 0.448. The van der Waals surface area contributed by atoms with Gasteiger partial charge in [0.1, 0.15) is 0 Å². The normalized spacial score (nSPS) is 11.0. The van der Waals surface area contributed by atoms with Gasteiger partial charge in [0.15, 0.2) is 0 Å². The number of hydrazine groups is 2. The first-order valence-corrected chi connectivity index (χ1v) is 13.6. The van der Waals surface area contributed by atoms with Crippen LogP contribution in [0.25, 0.3) is 0 Å². The third-order valence-electron chi connectivity index (χ3n) is 6.46. The monoisotopic (exact) mass is 570 g/mol. The maximum absolute atomic E-state index is 12.4. The lowest BCUT2D eigenvalue weighted by Crippen LogP contribution is -2.43. The SMILES string of the molecule is CC(C)c1cc(Cc2cc(C(C)C)c(NC(=O)NNC(=O)O)c(C(C)C)c2)cc(C(C)C)c1NC(=O)NNC(=O)O. The average molecular weight is 571 g/mol. The van der Waals surface area contributed by atoms with E-state index in [1.54, 1.807) is 0 Å². The van der Waals surface area contributed by atoms with Gasteiger partial charge in [-0.15, -0.1) is 0 Å². The molecule has 0 spiro atoms. The fourth-order valence-corrected chi connectivity index (χ4v) is 4.56. The van der Waals surface area contributed by atoms with Gasteiger partial charge in [0.25, 0.3) is 0 Å². The number of nitrogens with one attached hydrogen (secondary N) is 6.